The van der Waals surface area contributed by atoms with E-state index in [4.69, 9.17) is 10.5 Å². The number of aliphatic hydroxyl groups excluding tert-OH is 1. The zero-order valence-electron chi connectivity index (χ0n) is 10.3. The van der Waals surface area contributed by atoms with E-state index in [0.717, 1.165) is 24.3 Å². The highest BCUT2D eigenvalue weighted by Gasteiger charge is 2.26. The first kappa shape index (κ1) is 12.0. The van der Waals surface area contributed by atoms with Crippen molar-refractivity contribution in [2.24, 2.45) is 0 Å². The molecule has 0 bridgehead atoms. The van der Waals surface area contributed by atoms with Crippen molar-refractivity contribution in [1.29, 1.82) is 0 Å². The number of nitrogens with two attached hydrogens (primary N) is 1. The number of benzene rings is 1. The molecule has 0 radical (unpaired) electrons. The highest BCUT2D eigenvalue weighted by Crippen LogP contribution is 2.28. The molecule has 0 aliphatic heterocycles. The first-order valence-electron chi connectivity index (χ1n) is 6.05. The number of ether oxygens (including phenoxy) is 1. The fourth-order valence-corrected chi connectivity index (χ4v) is 1.99. The Morgan fingerprint density at radius 1 is 1.35 bits per heavy atom. The highest BCUT2D eigenvalue weighted by atomic mass is 16.5. The second kappa shape index (κ2) is 4.84. The third-order valence-corrected chi connectivity index (χ3v) is 2.78. The molecule has 94 valence electrons. The number of anilines is 2. The van der Waals surface area contributed by atoms with Gasteiger partial charge in [-0.1, -0.05) is 0 Å². The molecule has 4 nitrogen and oxygen atoms in total. The number of hydrogen-bond acceptors (Lipinski definition) is 4. The average Bonchev–Trinajstić information content (AvgIpc) is 2.12. The number of rotatable bonds is 4. The molecule has 4 heteroatoms. The lowest BCUT2D eigenvalue weighted by atomic mass is 9.89. The predicted octanol–water partition coefficient (Wildman–Crippen LogP) is 1.99. The predicted molar refractivity (Wildman–Crippen MR) is 69.3 cm³/mol. The zero-order chi connectivity index (χ0) is 12.4. The lowest BCUT2D eigenvalue weighted by molar-refractivity contribution is 0.0836. The number of hydrogen-bond donors (Lipinski definition) is 3. The van der Waals surface area contributed by atoms with Gasteiger partial charge in [0.25, 0.3) is 0 Å². The average molecular weight is 236 g/mol. The summed E-state index contributed by atoms with van der Waals surface area (Å²) >= 11 is 0. The van der Waals surface area contributed by atoms with Crippen LogP contribution in [0.4, 0.5) is 11.4 Å². The van der Waals surface area contributed by atoms with Gasteiger partial charge < -0.3 is 20.9 Å². The number of nitrogens with one attached hydrogen (secondary N) is 1. The van der Waals surface area contributed by atoms with E-state index in [1.165, 1.54) is 0 Å². The van der Waals surface area contributed by atoms with Crippen LogP contribution in [0.25, 0.3) is 0 Å². The summed E-state index contributed by atoms with van der Waals surface area (Å²) in [7, 11) is 0. The molecular weight excluding hydrogens is 216 g/mol. The smallest absolute Gasteiger partial charge is 0.123 e. The van der Waals surface area contributed by atoms with E-state index in [9.17, 15) is 5.11 Å². The maximum Gasteiger partial charge on any atom is 0.123 e. The van der Waals surface area contributed by atoms with E-state index >= 15 is 0 Å². The van der Waals surface area contributed by atoms with Crippen molar-refractivity contribution < 1.29 is 9.84 Å². The fraction of sp³-hybridized carbons (Fsp3) is 0.538. The number of nitrogen functional groups attached to an aromatic ring is 1. The van der Waals surface area contributed by atoms with Gasteiger partial charge in [0.05, 0.1) is 12.2 Å². The van der Waals surface area contributed by atoms with Crippen molar-refractivity contribution in [3.05, 3.63) is 18.2 Å². The Balaban J connectivity index is 2.03. The maximum absolute atomic E-state index is 9.24. The van der Waals surface area contributed by atoms with Crippen molar-refractivity contribution in [2.45, 2.75) is 44.9 Å². The molecule has 0 atom stereocenters. The van der Waals surface area contributed by atoms with Gasteiger partial charge in [-0.15, -0.1) is 0 Å². The molecule has 2 rings (SSSR count). The molecule has 0 saturated heterocycles. The van der Waals surface area contributed by atoms with E-state index in [-0.39, 0.29) is 12.2 Å². The topological polar surface area (TPSA) is 67.5 Å². The van der Waals surface area contributed by atoms with Crippen molar-refractivity contribution >= 4 is 11.4 Å². The fourth-order valence-electron chi connectivity index (χ4n) is 1.99. The second-order valence-electron chi connectivity index (χ2n) is 4.92. The minimum Gasteiger partial charge on any atom is -0.491 e. The summed E-state index contributed by atoms with van der Waals surface area (Å²) in [5, 5.41) is 12.6. The first-order chi connectivity index (χ1) is 8.02. The summed E-state index contributed by atoms with van der Waals surface area (Å²) in [5.41, 5.74) is 7.47. The van der Waals surface area contributed by atoms with Gasteiger partial charge >= 0.3 is 0 Å². The molecule has 0 amide bonds. The van der Waals surface area contributed by atoms with Gasteiger partial charge in [0, 0.05) is 29.5 Å². The van der Waals surface area contributed by atoms with Crippen molar-refractivity contribution in [2.75, 3.05) is 11.1 Å². The largest absolute Gasteiger partial charge is 0.491 e. The lowest BCUT2D eigenvalue weighted by Gasteiger charge is -2.33. The standard InChI is InChI=1S/C13H20N2O2/c1-8(2)17-13-4-9(14)3-10(7-13)15-11-5-12(16)6-11/h3-4,7-8,11-12,15-16H,5-6,14H2,1-2H3. The van der Waals surface area contributed by atoms with Crippen LogP contribution in [-0.4, -0.2) is 23.4 Å². The number of aliphatic hydroxyl groups is 1. The van der Waals surface area contributed by atoms with Crippen LogP contribution >= 0.6 is 0 Å². The third kappa shape index (κ3) is 3.27. The zero-order valence-corrected chi connectivity index (χ0v) is 10.3. The summed E-state index contributed by atoms with van der Waals surface area (Å²) < 4.78 is 5.62. The van der Waals surface area contributed by atoms with E-state index in [1.807, 2.05) is 32.0 Å². The first-order valence-corrected chi connectivity index (χ1v) is 6.05. The van der Waals surface area contributed by atoms with Crippen LogP contribution in [0.3, 0.4) is 0 Å². The van der Waals surface area contributed by atoms with Crippen LogP contribution in [0.15, 0.2) is 18.2 Å². The SMILES string of the molecule is CC(C)Oc1cc(N)cc(NC2CC(O)C2)c1. The Labute approximate surface area is 102 Å². The van der Waals surface area contributed by atoms with Gasteiger partial charge in [-0.05, 0) is 32.8 Å². The highest BCUT2D eigenvalue weighted by molar-refractivity contribution is 5.59. The van der Waals surface area contributed by atoms with Crippen LogP contribution < -0.4 is 15.8 Å². The van der Waals surface area contributed by atoms with Gasteiger partial charge in [-0.2, -0.15) is 0 Å². The van der Waals surface area contributed by atoms with Crippen LogP contribution in [-0.2, 0) is 0 Å². The van der Waals surface area contributed by atoms with Crippen LogP contribution in [0.1, 0.15) is 26.7 Å². The van der Waals surface area contributed by atoms with E-state index < -0.39 is 0 Å². The molecule has 0 unspecified atom stereocenters. The minimum absolute atomic E-state index is 0.134. The molecule has 1 aromatic carbocycles. The molecule has 0 aromatic heterocycles. The molecule has 1 saturated carbocycles. The monoisotopic (exact) mass is 236 g/mol. The van der Waals surface area contributed by atoms with E-state index in [2.05, 4.69) is 5.32 Å². The molecule has 0 spiro atoms. The molecule has 1 aromatic rings. The molecule has 4 N–H and O–H groups in total. The van der Waals surface area contributed by atoms with Gasteiger partial charge in [0.15, 0.2) is 0 Å². The van der Waals surface area contributed by atoms with Crippen LogP contribution in [0, 0.1) is 0 Å². The second-order valence-corrected chi connectivity index (χ2v) is 4.92. The Hall–Kier alpha value is -1.42. The van der Waals surface area contributed by atoms with Gasteiger partial charge in [-0.3, -0.25) is 0 Å². The van der Waals surface area contributed by atoms with Crippen molar-refractivity contribution in [3.8, 4) is 5.75 Å². The summed E-state index contributed by atoms with van der Waals surface area (Å²) in [6.07, 6.45) is 1.58. The molecule has 17 heavy (non-hydrogen) atoms. The van der Waals surface area contributed by atoms with Crippen molar-refractivity contribution in [1.82, 2.24) is 0 Å². The Morgan fingerprint density at radius 3 is 2.65 bits per heavy atom. The summed E-state index contributed by atoms with van der Waals surface area (Å²) in [6.45, 7) is 3.97. The van der Waals surface area contributed by atoms with Crippen molar-refractivity contribution in [3.63, 3.8) is 0 Å². The lowest BCUT2D eigenvalue weighted by Crippen LogP contribution is -2.38. The summed E-state index contributed by atoms with van der Waals surface area (Å²) in [5.74, 6) is 0.780. The minimum atomic E-state index is -0.153. The van der Waals surface area contributed by atoms with Crippen LogP contribution in [0.2, 0.25) is 0 Å². The molecule has 1 aliphatic carbocycles. The maximum atomic E-state index is 9.24. The normalized spacial score (nSPS) is 23.3. The quantitative estimate of drug-likeness (QED) is 0.699. The third-order valence-electron chi connectivity index (χ3n) is 2.78. The van der Waals surface area contributed by atoms with Crippen LogP contribution in [0.5, 0.6) is 5.75 Å². The summed E-state index contributed by atoms with van der Waals surface area (Å²) in [4.78, 5) is 0. The Kier molecular flexibility index (Phi) is 3.43. The molecule has 1 fully saturated rings. The Morgan fingerprint density at radius 2 is 2.06 bits per heavy atom. The van der Waals surface area contributed by atoms with Gasteiger partial charge in [-0.25, -0.2) is 0 Å². The van der Waals surface area contributed by atoms with E-state index in [0.29, 0.717) is 11.7 Å². The molecular formula is C13H20N2O2. The Bertz CT molecular complexity index is 387. The van der Waals surface area contributed by atoms with Gasteiger partial charge in [0.2, 0.25) is 0 Å². The summed E-state index contributed by atoms with van der Waals surface area (Å²) in [6, 6.07) is 6.00. The molecule has 0 heterocycles. The van der Waals surface area contributed by atoms with Gasteiger partial charge in [0.1, 0.15) is 5.75 Å². The van der Waals surface area contributed by atoms with E-state index in [1.54, 1.807) is 0 Å². The molecule has 1 aliphatic rings.